The number of amides is 1. The number of esters is 1. The Bertz CT molecular complexity index is 418. The molecule has 2 atom stereocenters. The van der Waals surface area contributed by atoms with Crippen molar-refractivity contribution in [1.82, 2.24) is 4.90 Å². The van der Waals surface area contributed by atoms with Crippen molar-refractivity contribution in [2.45, 2.75) is 59.6 Å². The molecule has 21 heavy (non-hydrogen) atoms. The highest BCUT2D eigenvalue weighted by atomic mass is 16.7. The summed E-state index contributed by atoms with van der Waals surface area (Å²) in [7, 11) is 0. The van der Waals surface area contributed by atoms with Crippen LogP contribution in [-0.4, -0.2) is 53.8 Å². The molecule has 1 saturated heterocycles. The van der Waals surface area contributed by atoms with Crippen molar-refractivity contribution < 1.29 is 30.3 Å². The van der Waals surface area contributed by atoms with Crippen LogP contribution in [-0.2, 0) is 19.0 Å². The molecule has 1 N–H and O–H groups in total. The zero-order valence-corrected chi connectivity index (χ0v) is 13.2. The molecule has 7 nitrogen and oxygen atoms in total. The van der Waals surface area contributed by atoms with E-state index in [0.717, 1.165) is 4.90 Å². The van der Waals surface area contributed by atoms with Gasteiger partial charge in [0.2, 0.25) is 0 Å². The molecule has 1 rings (SSSR count). The summed E-state index contributed by atoms with van der Waals surface area (Å²) in [5.41, 5.74) is -0.649. The van der Waals surface area contributed by atoms with Gasteiger partial charge in [-0.05, 0) is 13.8 Å². The van der Waals surface area contributed by atoms with Gasteiger partial charge in [0, 0.05) is 25.0 Å². The van der Waals surface area contributed by atoms with Crippen LogP contribution in [0.1, 0.15) is 42.4 Å². The van der Waals surface area contributed by atoms with Crippen LogP contribution in [0.4, 0.5) is 4.79 Å². The molecule has 0 bridgehead atoms. The van der Waals surface area contributed by atoms with Gasteiger partial charge >= 0.3 is 12.1 Å². The third-order valence-electron chi connectivity index (χ3n) is 2.99. The lowest BCUT2D eigenvalue weighted by atomic mass is 9.93. The van der Waals surface area contributed by atoms with Crippen molar-refractivity contribution in [3.8, 4) is 0 Å². The van der Waals surface area contributed by atoms with Gasteiger partial charge in [0.1, 0.15) is 6.02 Å². The smallest absolute Gasteiger partial charge is 0.410 e. The fourth-order valence-electron chi connectivity index (χ4n) is 2.12. The number of carbonyl (C=O) groups excluding carboxylic acids is 1. The Kier molecular flexibility index (Phi) is 5.41. The quantitative estimate of drug-likeness (QED) is 0.597. The van der Waals surface area contributed by atoms with Gasteiger partial charge in [-0.15, -0.1) is 0 Å². The molecule has 7 heteroatoms. The van der Waals surface area contributed by atoms with Crippen LogP contribution in [0.3, 0.4) is 0 Å². The Morgan fingerprint density at radius 3 is 2.33 bits per heavy atom. The molecule has 1 heterocycles. The minimum absolute atomic E-state index is 0.244. The standard InChI is InChI=1S/C14H25NO6/c1-6-19-10(20-7-2)8-9-11(16)21-12(14(3,4)5)15(9)13(17)18/h9-10,12H,6-8H2,1-5H3,(H,17,18)/t9-,12+/m0/s1/i9D. The number of ether oxygens (including phenoxy) is 3. The fourth-order valence-corrected chi connectivity index (χ4v) is 2.12. The summed E-state index contributed by atoms with van der Waals surface area (Å²) in [6, 6.07) is -2.08. The molecule has 1 fully saturated rings. The van der Waals surface area contributed by atoms with E-state index in [1.165, 1.54) is 0 Å². The van der Waals surface area contributed by atoms with Crippen molar-refractivity contribution in [3.63, 3.8) is 0 Å². The van der Waals surface area contributed by atoms with Crippen LogP contribution >= 0.6 is 0 Å². The summed E-state index contributed by atoms with van der Waals surface area (Å²) < 4.78 is 24.2. The maximum atomic E-state index is 12.2. The van der Waals surface area contributed by atoms with Crippen molar-refractivity contribution in [3.05, 3.63) is 0 Å². The predicted octanol–water partition coefficient (Wildman–Crippen LogP) is 2.05. The number of hydrogen-bond acceptors (Lipinski definition) is 5. The van der Waals surface area contributed by atoms with Crippen molar-refractivity contribution in [1.29, 1.82) is 0 Å². The average Bonchev–Trinajstić information content (AvgIpc) is 2.62. The van der Waals surface area contributed by atoms with Crippen molar-refractivity contribution >= 4 is 12.1 Å². The lowest BCUT2D eigenvalue weighted by Crippen LogP contribution is -2.48. The van der Waals surface area contributed by atoms with E-state index in [4.69, 9.17) is 15.6 Å². The number of cyclic esters (lactones) is 1. The highest BCUT2D eigenvalue weighted by molar-refractivity contribution is 5.84. The molecule has 0 aliphatic carbocycles. The second kappa shape index (κ2) is 7.09. The van der Waals surface area contributed by atoms with Crippen molar-refractivity contribution in [2.24, 2.45) is 5.41 Å². The van der Waals surface area contributed by atoms with E-state index in [-0.39, 0.29) is 6.42 Å². The third kappa shape index (κ3) is 4.31. The highest BCUT2D eigenvalue weighted by Gasteiger charge is 2.50. The molecule has 0 saturated carbocycles. The van der Waals surface area contributed by atoms with E-state index in [2.05, 4.69) is 0 Å². The second-order valence-electron chi connectivity index (χ2n) is 5.77. The monoisotopic (exact) mass is 304 g/mol. The van der Waals surface area contributed by atoms with Crippen LogP contribution in [0.2, 0.25) is 0 Å². The number of carboxylic acid groups (broad SMARTS) is 1. The van der Waals surface area contributed by atoms with E-state index in [1.807, 2.05) is 0 Å². The molecule has 0 aromatic heterocycles. The number of carbonyl (C=O) groups is 2. The third-order valence-corrected chi connectivity index (χ3v) is 2.99. The average molecular weight is 304 g/mol. The Morgan fingerprint density at radius 1 is 1.43 bits per heavy atom. The first-order chi connectivity index (χ1) is 10.1. The first-order valence-corrected chi connectivity index (χ1v) is 7.04. The molecule has 1 aliphatic heterocycles. The van der Waals surface area contributed by atoms with Gasteiger partial charge in [-0.25, -0.2) is 9.59 Å². The number of hydrogen-bond donors (Lipinski definition) is 1. The Balaban J connectivity index is 3.11. The lowest BCUT2D eigenvalue weighted by Gasteiger charge is -2.32. The molecule has 0 aromatic rings. The van der Waals surface area contributed by atoms with Crippen LogP contribution in [0.15, 0.2) is 0 Å². The first kappa shape index (κ1) is 16.0. The Morgan fingerprint density at radius 2 is 1.95 bits per heavy atom. The van der Waals surface area contributed by atoms with Gasteiger partial charge in [0.15, 0.2) is 12.5 Å². The minimum atomic E-state index is -2.08. The molecule has 0 spiro atoms. The molecule has 0 unspecified atom stereocenters. The normalized spacial score (nSPS) is 27.0. The van der Waals surface area contributed by atoms with Gasteiger partial charge in [0.25, 0.3) is 0 Å². The zero-order chi connectivity index (χ0) is 17.1. The first-order valence-electron chi connectivity index (χ1n) is 7.54. The van der Waals surface area contributed by atoms with Crippen LogP contribution in [0, 0.1) is 5.41 Å². The summed E-state index contributed by atoms with van der Waals surface area (Å²) in [6.07, 6.45) is -3.50. The fraction of sp³-hybridized carbons (Fsp3) is 0.857. The van der Waals surface area contributed by atoms with Gasteiger partial charge in [-0.1, -0.05) is 20.8 Å². The lowest BCUT2D eigenvalue weighted by molar-refractivity contribution is -0.155. The van der Waals surface area contributed by atoms with E-state index in [0.29, 0.717) is 13.2 Å². The topological polar surface area (TPSA) is 85.3 Å². The zero-order valence-electron chi connectivity index (χ0n) is 14.2. The predicted molar refractivity (Wildman–Crippen MR) is 74.6 cm³/mol. The summed E-state index contributed by atoms with van der Waals surface area (Å²) in [5, 5.41) is 9.47. The number of nitrogens with zero attached hydrogens (tertiary/aromatic N) is 1. The summed E-state index contributed by atoms with van der Waals surface area (Å²) in [6.45, 7) is 9.39. The highest BCUT2D eigenvalue weighted by Crippen LogP contribution is 2.34. The summed E-state index contributed by atoms with van der Waals surface area (Å²) >= 11 is 0. The molecule has 0 aromatic carbocycles. The summed E-state index contributed by atoms with van der Waals surface area (Å²) in [5.74, 6) is -0.903. The maximum Gasteiger partial charge on any atom is 0.410 e. The van der Waals surface area contributed by atoms with Crippen molar-refractivity contribution in [2.75, 3.05) is 13.2 Å². The van der Waals surface area contributed by atoms with E-state index in [9.17, 15) is 14.7 Å². The molecular formula is C14H25NO6. The van der Waals surface area contributed by atoms with E-state index in [1.54, 1.807) is 34.6 Å². The molecular weight excluding hydrogens is 278 g/mol. The van der Waals surface area contributed by atoms with Crippen LogP contribution < -0.4 is 0 Å². The SMILES string of the molecule is [2H][C@]1(CC(OCC)OCC)C(=O)O[C@H](C(C)(C)C)N1C(=O)O. The van der Waals surface area contributed by atoms with Gasteiger partial charge < -0.3 is 19.3 Å². The summed E-state index contributed by atoms with van der Waals surface area (Å²) in [4.78, 5) is 24.5. The van der Waals surface area contributed by atoms with E-state index >= 15 is 0 Å². The minimum Gasteiger partial charge on any atom is -0.465 e. The second-order valence-corrected chi connectivity index (χ2v) is 5.77. The molecule has 122 valence electrons. The van der Waals surface area contributed by atoms with Crippen LogP contribution in [0.25, 0.3) is 0 Å². The Hall–Kier alpha value is -1.34. The van der Waals surface area contributed by atoms with Gasteiger partial charge in [-0.3, -0.25) is 4.90 Å². The van der Waals surface area contributed by atoms with Gasteiger partial charge in [-0.2, -0.15) is 0 Å². The van der Waals surface area contributed by atoms with Gasteiger partial charge in [0.05, 0.1) is 1.37 Å². The van der Waals surface area contributed by atoms with Crippen LogP contribution in [0.5, 0.6) is 0 Å². The largest absolute Gasteiger partial charge is 0.465 e. The molecule has 1 amide bonds. The van der Waals surface area contributed by atoms with E-state index < -0.39 is 36.0 Å². The molecule has 1 aliphatic rings. The Labute approximate surface area is 126 Å². The number of rotatable bonds is 6. The maximum absolute atomic E-state index is 12.2. The molecule has 0 radical (unpaired) electrons.